The number of carbonyl (C=O) groups excluding carboxylic acids is 4. The van der Waals surface area contributed by atoms with Gasteiger partial charge in [0.15, 0.2) is 0 Å². The SMILES string of the molecule is C=CCCC(=O)OC[C@@H](NC(=O)[C@@H]1[C@H]2O[C@@]3(CC2Br)[C@H](C(=O)N(CC=C)C(C)CCC)N([C@@H](CO)C(C)C)C(=O)[C@@H]13)c1ccccc1. The summed E-state index contributed by atoms with van der Waals surface area (Å²) in [5.41, 5.74) is -0.536. The minimum atomic E-state index is -1.28. The molecule has 10 nitrogen and oxygen atoms in total. The van der Waals surface area contributed by atoms with Crippen LogP contribution in [0.15, 0.2) is 55.6 Å². The number of hydrogen-bond donors (Lipinski definition) is 2. The summed E-state index contributed by atoms with van der Waals surface area (Å²) in [6.45, 7) is 15.2. The Labute approximate surface area is 287 Å². The van der Waals surface area contributed by atoms with Crippen molar-refractivity contribution in [3.8, 4) is 0 Å². The van der Waals surface area contributed by atoms with Crippen LogP contribution in [0.3, 0.4) is 0 Å². The zero-order chi connectivity index (χ0) is 34.5. The molecule has 2 bridgehead atoms. The normalized spacial score (nSPS) is 28.0. The molecule has 47 heavy (non-hydrogen) atoms. The van der Waals surface area contributed by atoms with Crippen LogP contribution in [0.1, 0.15) is 71.4 Å². The van der Waals surface area contributed by atoms with Crippen molar-refractivity contribution in [3.63, 3.8) is 0 Å². The molecule has 3 fully saturated rings. The van der Waals surface area contributed by atoms with Gasteiger partial charge in [0.05, 0.1) is 36.6 Å². The van der Waals surface area contributed by atoms with Crippen LogP contribution in [0.25, 0.3) is 0 Å². The molecule has 0 radical (unpaired) electrons. The Morgan fingerprint density at radius 3 is 2.51 bits per heavy atom. The van der Waals surface area contributed by atoms with Gasteiger partial charge in [-0.1, -0.05) is 85.6 Å². The highest BCUT2D eigenvalue weighted by Gasteiger charge is 2.77. The number of allylic oxidation sites excluding steroid dienone is 1. The number of nitrogens with zero attached hydrogens (tertiary/aromatic N) is 2. The Balaban J connectivity index is 1.72. The molecule has 3 aliphatic heterocycles. The van der Waals surface area contributed by atoms with Crippen molar-refractivity contribution in [1.82, 2.24) is 15.1 Å². The highest BCUT2D eigenvalue weighted by atomic mass is 79.9. The number of carbonyl (C=O) groups is 4. The Bertz CT molecular complexity index is 1310. The predicted octanol–water partition coefficient (Wildman–Crippen LogP) is 4.32. The molecule has 3 saturated heterocycles. The number of amides is 3. The van der Waals surface area contributed by atoms with Gasteiger partial charge in [-0.25, -0.2) is 0 Å². The fraction of sp³-hybridized carbons (Fsp3) is 0.611. The van der Waals surface area contributed by atoms with Crippen LogP contribution in [-0.4, -0.2) is 93.0 Å². The molecule has 2 unspecified atom stereocenters. The second-order valence-corrected chi connectivity index (χ2v) is 14.5. The number of esters is 1. The first-order valence-electron chi connectivity index (χ1n) is 16.7. The van der Waals surface area contributed by atoms with Gasteiger partial charge in [-0.2, -0.15) is 0 Å². The fourth-order valence-corrected chi connectivity index (χ4v) is 8.57. The molecule has 4 rings (SSSR count). The van der Waals surface area contributed by atoms with Gasteiger partial charge < -0.3 is 29.7 Å². The summed E-state index contributed by atoms with van der Waals surface area (Å²) in [4.78, 5) is 59.0. The lowest BCUT2D eigenvalue weighted by atomic mass is 9.70. The van der Waals surface area contributed by atoms with E-state index in [4.69, 9.17) is 9.47 Å². The number of likely N-dealkylation sites (tertiary alicyclic amines) is 1. The Kier molecular flexibility index (Phi) is 12.5. The van der Waals surface area contributed by atoms with Crippen molar-refractivity contribution in [2.24, 2.45) is 17.8 Å². The van der Waals surface area contributed by atoms with Gasteiger partial charge in [-0.15, -0.1) is 13.2 Å². The van der Waals surface area contributed by atoms with E-state index in [2.05, 4.69) is 41.3 Å². The van der Waals surface area contributed by atoms with Crippen molar-refractivity contribution in [2.45, 2.75) is 100 Å². The topological polar surface area (TPSA) is 125 Å². The van der Waals surface area contributed by atoms with Gasteiger partial charge in [-0.3, -0.25) is 19.2 Å². The molecular formula is C36H50BrN3O7. The summed E-state index contributed by atoms with van der Waals surface area (Å²) < 4.78 is 12.3. The van der Waals surface area contributed by atoms with E-state index in [-0.39, 0.29) is 48.2 Å². The third-order valence-electron chi connectivity index (χ3n) is 9.91. The summed E-state index contributed by atoms with van der Waals surface area (Å²) in [6.07, 6.45) is 5.29. The number of halogens is 1. The molecule has 0 aliphatic carbocycles. The number of rotatable bonds is 17. The molecule has 3 heterocycles. The van der Waals surface area contributed by atoms with Crippen LogP contribution in [0.4, 0.5) is 0 Å². The van der Waals surface area contributed by atoms with Gasteiger partial charge in [0.25, 0.3) is 0 Å². The number of aliphatic hydroxyl groups excluding tert-OH is 1. The molecule has 9 atom stereocenters. The first-order valence-corrected chi connectivity index (χ1v) is 17.7. The van der Waals surface area contributed by atoms with Gasteiger partial charge in [0, 0.05) is 23.8 Å². The summed E-state index contributed by atoms with van der Waals surface area (Å²) in [7, 11) is 0. The first kappa shape index (κ1) is 36.8. The molecule has 3 amide bonds. The Morgan fingerprint density at radius 2 is 1.91 bits per heavy atom. The number of alkyl halides is 1. The minimum absolute atomic E-state index is 0.0928. The van der Waals surface area contributed by atoms with Crippen molar-refractivity contribution in [2.75, 3.05) is 19.8 Å². The molecule has 0 aromatic heterocycles. The van der Waals surface area contributed by atoms with Crippen LogP contribution in [0.2, 0.25) is 0 Å². The van der Waals surface area contributed by atoms with E-state index >= 15 is 0 Å². The van der Waals surface area contributed by atoms with Gasteiger partial charge in [-0.05, 0) is 37.7 Å². The van der Waals surface area contributed by atoms with Crippen LogP contribution in [-0.2, 0) is 28.7 Å². The van der Waals surface area contributed by atoms with Gasteiger partial charge in [0.2, 0.25) is 17.7 Å². The zero-order valence-corrected chi connectivity index (χ0v) is 29.6. The summed E-state index contributed by atoms with van der Waals surface area (Å²) >= 11 is 3.74. The van der Waals surface area contributed by atoms with E-state index in [1.165, 1.54) is 4.90 Å². The lowest BCUT2D eigenvalue weighted by Gasteiger charge is -2.41. The van der Waals surface area contributed by atoms with E-state index in [1.54, 1.807) is 17.1 Å². The van der Waals surface area contributed by atoms with E-state index in [0.29, 0.717) is 19.4 Å². The maximum atomic E-state index is 14.7. The second kappa shape index (κ2) is 15.9. The Morgan fingerprint density at radius 1 is 1.21 bits per heavy atom. The molecule has 0 saturated carbocycles. The van der Waals surface area contributed by atoms with E-state index in [0.717, 1.165) is 18.4 Å². The highest BCUT2D eigenvalue weighted by Crippen LogP contribution is 2.61. The number of ether oxygens (including phenoxy) is 2. The standard InChI is InChI=1S/C36H50BrN3O7/c1-7-10-17-28(42)46-21-26(24-15-12-11-13-16-24)38-33(43)29-30-34(44)40(27(20-41)22(4)5)32(36(30)19-25(37)31(29)47-36)35(45)39(18-9-3)23(6)14-8-2/h7,9,11-13,15-16,22-23,25-27,29-32,41H,1,3,8,10,14,17-21H2,2,4-6H3,(H,38,43)/t23?,25?,26-,27+,29+,30-,31+,32+,36-/m1/s1. The predicted molar refractivity (Wildman–Crippen MR) is 182 cm³/mol. The molecule has 1 aromatic carbocycles. The largest absolute Gasteiger partial charge is 0.463 e. The van der Waals surface area contributed by atoms with Crippen molar-refractivity contribution < 1.29 is 33.8 Å². The maximum absolute atomic E-state index is 14.7. The average molecular weight is 717 g/mol. The lowest BCUT2D eigenvalue weighted by Crippen LogP contribution is -2.61. The molecule has 3 aliphatic rings. The molecule has 258 valence electrons. The van der Waals surface area contributed by atoms with Gasteiger partial charge in [0.1, 0.15) is 18.2 Å². The molecule has 2 N–H and O–H groups in total. The minimum Gasteiger partial charge on any atom is -0.463 e. The van der Waals surface area contributed by atoms with Crippen molar-refractivity contribution >= 4 is 39.6 Å². The number of hydrogen-bond acceptors (Lipinski definition) is 7. The van der Waals surface area contributed by atoms with Crippen LogP contribution in [0.5, 0.6) is 0 Å². The first-order chi connectivity index (χ1) is 22.5. The quantitative estimate of drug-likeness (QED) is 0.140. The summed E-state index contributed by atoms with van der Waals surface area (Å²) in [5, 5.41) is 13.6. The van der Waals surface area contributed by atoms with Crippen LogP contribution >= 0.6 is 15.9 Å². The summed E-state index contributed by atoms with van der Waals surface area (Å²) in [6, 6.07) is 6.72. The average Bonchev–Trinajstić information content (AvgIpc) is 3.64. The van der Waals surface area contributed by atoms with Crippen LogP contribution in [0, 0.1) is 17.8 Å². The zero-order valence-electron chi connectivity index (χ0n) is 28.0. The Hall–Kier alpha value is -3.02. The van der Waals surface area contributed by atoms with E-state index in [9.17, 15) is 24.3 Å². The molecule has 1 aromatic rings. The van der Waals surface area contributed by atoms with Crippen molar-refractivity contribution in [3.05, 3.63) is 61.2 Å². The fourth-order valence-electron chi connectivity index (χ4n) is 7.62. The number of fused-ring (bicyclic) bond motifs is 1. The highest BCUT2D eigenvalue weighted by molar-refractivity contribution is 9.09. The van der Waals surface area contributed by atoms with Crippen LogP contribution < -0.4 is 5.32 Å². The smallest absolute Gasteiger partial charge is 0.306 e. The molecule has 1 spiro atoms. The van der Waals surface area contributed by atoms with Crippen molar-refractivity contribution in [1.29, 1.82) is 0 Å². The number of aliphatic hydroxyl groups is 1. The third kappa shape index (κ3) is 7.22. The lowest BCUT2D eigenvalue weighted by molar-refractivity contribution is -0.153. The molecule has 11 heteroatoms. The monoisotopic (exact) mass is 715 g/mol. The molecular weight excluding hydrogens is 666 g/mol. The number of benzene rings is 1. The van der Waals surface area contributed by atoms with Gasteiger partial charge >= 0.3 is 5.97 Å². The van der Waals surface area contributed by atoms with E-state index in [1.807, 2.05) is 51.1 Å². The maximum Gasteiger partial charge on any atom is 0.306 e. The second-order valence-electron chi connectivity index (χ2n) is 13.3. The summed E-state index contributed by atoms with van der Waals surface area (Å²) in [5.74, 6) is -3.50. The number of nitrogens with one attached hydrogen (secondary N) is 1. The third-order valence-corrected chi connectivity index (χ3v) is 10.8. The van der Waals surface area contributed by atoms with E-state index < -0.39 is 53.5 Å².